The highest BCUT2D eigenvalue weighted by Crippen LogP contribution is 2.49. The molecule has 1 aromatic carbocycles. The van der Waals surface area contributed by atoms with E-state index in [-0.39, 0.29) is 5.91 Å². The Morgan fingerprint density at radius 3 is 2.67 bits per heavy atom. The summed E-state index contributed by atoms with van der Waals surface area (Å²) in [5, 5.41) is 2.53. The lowest BCUT2D eigenvalue weighted by molar-refractivity contribution is -0.161. The lowest BCUT2D eigenvalue weighted by Gasteiger charge is -2.31. The first kappa shape index (κ1) is 14.8. The van der Waals surface area contributed by atoms with Gasteiger partial charge in [0.1, 0.15) is 5.25 Å². The zero-order valence-electron chi connectivity index (χ0n) is 12.0. The number of ether oxygens (including phenoxy) is 1. The molecule has 1 aliphatic carbocycles. The maximum atomic E-state index is 12.6. The summed E-state index contributed by atoms with van der Waals surface area (Å²) in [6, 6.07) is 9.43. The first-order valence-corrected chi connectivity index (χ1v) is 7.73. The Morgan fingerprint density at radius 1 is 1.38 bits per heavy atom. The van der Waals surface area contributed by atoms with Gasteiger partial charge in [0.05, 0.1) is 7.11 Å². The minimum atomic E-state index is -0.709. The summed E-state index contributed by atoms with van der Waals surface area (Å²) in [4.78, 5) is 17.9. The Balaban J connectivity index is 1.79. The zero-order chi connectivity index (χ0) is 14.9. The summed E-state index contributed by atoms with van der Waals surface area (Å²) >= 11 is 1.30. The zero-order valence-corrected chi connectivity index (χ0v) is 12.9. The van der Waals surface area contributed by atoms with E-state index in [0.29, 0.717) is 5.92 Å². The molecule has 2 unspecified atom stereocenters. The van der Waals surface area contributed by atoms with Gasteiger partial charge in [0.25, 0.3) is 0 Å². The van der Waals surface area contributed by atoms with Gasteiger partial charge in [0, 0.05) is 18.7 Å². The number of carbonyl (C=O) groups is 1. The van der Waals surface area contributed by atoms with Crippen molar-refractivity contribution in [1.82, 2.24) is 10.0 Å². The first-order valence-electron chi connectivity index (χ1n) is 6.89. The molecule has 114 valence electrons. The van der Waals surface area contributed by atoms with Crippen LogP contribution in [0.3, 0.4) is 0 Å². The van der Waals surface area contributed by atoms with Gasteiger partial charge in [0.15, 0.2) is 5.72 Å². The Bertz CT molecular complexity index is 511. The van der Waals surface area contributed by atoms with Gasteiger partial charge in [-0.2, -0.15) is 5.43 Å². The Hall–Kier alpha value is -1.12. The topological polar surface area (TPSA) is 62.8 Å². The van der Waals surface area contributed by atoms with Gasteiger partial charge >= 0.3 is 0 Å². The molecular formula is C14H19N3O3S. The highest BCUT2D eigenvalue weighted by atomic mass is 32.2. The summed E-state index contributed by atoms with van der Waals surface area (Å²) in [5.74, 6) is 0.230. The SMILES string of the molecule is CON1NC(OC)(C2CC2)C(C(=O)Nc2ccccc2)S1. The van der Waals surface area contributed by atoms with Crippen molar-refractivity contribution in [1.29, 1.82) is 0 Å². The number of nitrogens with one attached hydrogen (secondary N) is 2. The van der Waals surface area contributed by atoms with E-state index < -0.39 is 11.0 Å². The highest BCUT2D eigenvalue weighted by molar-refractivity contribution is 7.98. The molecular weight excluding hydrogens is 290 g/mol. The molecule has 1 amide bonds. The number of benzene rings is 1. The Kier molecular flexibility index (Phi) is 4.19. The molecule has 2 N–H and O–H groups in total. The molecule has 7 heteroatoms. The van der Waals surface area contributed by atoms with E-state index in [1.165, 1.54) is 16.5 Å². The normalized spacial score (nSPS) is 29.5. The molecule has 1 saturated carbocycles. The fourth-order valence-electron chi connectivity index (χ4n) is 2.60. The van der Waals surface area contributed by atoms with E-state index in [1.54, 1.807) is 14.2 Å². The lowest BCUT2D eigenvalue weighted by atomic mass is 10.0. The summed E-state index contributed by atoms with van der Waals surface area (Å²) in [6.45, 7) is 0. The maximum absolute atomic E-state index is 12.6. The molecule has 2 aliphatic rings. The molecule has 1 aliphatic heterocycles. The lowest BCUT2D eigenvalue weighted by Crippen LogP contribution is -2.56. The number of carbonyl (C=O) groups excluding carboxylic acids is 1. The number of rotatable bonds is 5. The van der Waals surface area contributed by atoms with Gasteiger partial charge in [0.2, 0.25) is 5.91 Å². The third kappa shape index (κ3) is 2.79. The molecule has 2 fully saturated rings. The predicted molar refractivity (Wildman–Crippen MR) is 80.9 cm³/mol. The van der Waals surface area contributed by atoms with E-state index in [0.717, 1.165) is 18.5 Å². The molecule has 2 atom stereocenters. The summed E-state index contributed by atoms with van der Waals surface area (Å²) in [6.07, 6.45) is 2.10. The third-order valence-corrected chi connectivity index (χ3v) is 5.03. The van der Waals surface area contributed by atoms with Crippen LogP contribution in [0, 0.1) is 5.92 Å². The Labute approximate surface area is 128 Å². The fourth-order valence-corrected chi connectivity index (χ4v) is 3.72. The number of methoxy groups -OCH3 is 1. The monoisotopic (exact) mass is 309 g/mol. The minimum absolute atomic E-state index is 0.0907. The predicted octanol–water partition coefficient (Wildman–Crippen LogP) is 1.78. The van der Waals surface area contributed by atoms with Crippen molar-refractivity contribution in [3.8, 4) is 0 Å². The van der Waals surface area contributed by atoms with Crippen LogP contribution in [-0.4, -0.2) is 35.7 Å². The third-order valence-electron chi connectivity index (χ3n) is 3.82. The van der Waals surface area contributed by atoms with Crippen molar-refractivity contribution in [2.24, 2.45) is 5.92 Å². The highest BCUT2D eigenvalue weighted by Gasteiger charge is 2.60. The van der Waals surface area contributed by atoms with Gasteiger partial charge in [-0.05, 0) is 36.9 Å². The second kappa shape index (κ2) is 5.94. The molecule has 1 aromatic rings. The van der Waals surface area contributed by atoms with Crippen molar-refractivity contribution >= 4 is 23.5 Å². The van der Waals surface area contributed by atoms with Gasteiger partial charge in [-0.3, -0.25) is 9.63 Å². The number of hydrazine groups is 1. The van der Waals surface area contributed by atoms with Crippen molar-refractivity contribution in [3.05, 3.63) is 30.3 Å². The minimum Gasteiger partial charge on any atom is -0.360 e. The van der Waals surface area contributed by atoms with Crippen molar-refractivity contribution in [3.63, 3.8) is 0 Å². The summed E-state index contributed by atoms with van der Waals surface area (Å²) < 4.78 is 7.21. The van der Waals surface area contributed by atoms with Gasteiger partial charge in [-0.25, -0.2) is 0 Å². The number of amides is 1. The standard InChI is InChI=1S/C14H19N3O3S/c1-19-14(10-8-9-10)12(21-17(16-14)20-2)13(18)15-11-6-4-3-5-7-11/h3-7,10,12,16H,8-9H2,1-2H3,(H,15,18). The second-order valence-electron chi connectivity index (χ2n) is 5.16. The molecule has 6 nitrogen and oxygen atoms in total. The summed E-state index contributed by atoms with van der Waals surface area (Å²) in [5.41, 5.74) is 3.24. The maximum Gasteiger partial charge on any atom is 0.243 e. The molecule has 0 spiro atoms. The quantitative estimate of drug-likeness (QED) is 0.809. The number of anilines is 1. The average molecular weight is 309 g/mol. The summed E-state index contributed by atoms with van der Waals surface area (Å²) in [7, 11) is 3.19. The van der Waals surface area contributed by atoms with Crippen molar-refractivity contribution in [2.75, 3.05) is 19.5 Å². The molecule has 3 rings (SSSR count). The molecule has 1 heterocycles. The van der Waals surface area contributed by atoms with Crippen LogP contribution in [-0.2, 0) is 14.4 Å². The van der Waals surface area contributed by atoms with Crippen LogP contribution in [0.1, 0.15) is 12.8 Å². The van der Waals surface area contributed by atoms with Gasteiger partial charge in [-0.15, -0.1) is 0 Å². The largest absolute Gasteiger partial charge is 0.360 e. The smallest absolute Gasteiger partial charge is 0.243 e. The molecule has 1 saturated heterocycles. The molecule has 0 bridgehead atoms. The van der Waals surface area contributed by atoms with E-state index in [4.69, 9.17) is 9.57 Å². The van der Waals surface area contributed by atoms with Crippen LogP contribution in [0.5, 0.6) is 0 Å². The fraction of sp³-hybridized carbons (Fsp3) is 0.500. The van der Waals surface area contributed by atoms with E-state index in [1.807, 2.05) is 30.3 Å². The van der Waals surface area contributed by atoms with E-state index in [2.05, 4.69) is 10.7 Å². The molecule has 0 aromatic heterocycles. The van der Waals surface area contributed by atoms with Crippen molar-refractivity contribution in [2.45, 2.75) is 23.8 Å². The number of hydrogen-bond acceptors (Lipinski definition) is 6. The van der Waals surface area contributed by atoms with Crippen LogP contribution in [0.25, 0.3) is 0 Å². The van der Waals surface area contributed by atoms with E-state index in [9.17, 15) is 4.79 Å². The average Bonchev–Trinajstić information content (AvgIpc) is 3.29. The first-order chi connectivity index (χ1) is 10.2. The van der Waals surface area contributed by atoms with Crippen LogP contribution in [0.2, 0.25) is 0 Å². The van der Waals surface area contributed by atoms with Gasteiger partial charge in [-0.1, -0.05) is 22.8 Å². The van der Waals surface area contributed by atoms with Gasteiger partial charge < -0.3 is 10.1 Å². The van der Waals surface area contributed by atoms with Crippen LogP contribution in [0.4, 0.5) is 5.69 Å². The van der Waals surface area contributed by atoms with Crippen LogP contribution in [0.15, 0.2) is 30.3 Å². The molecule has 0 radical (unpaired) electrons. The molecule has 21 heavy (non-hydrogen) atoms. The van der Waals surface area contributed by atoms with Crippen molar-refractivity contribution < 1.29 is 14.4 Å². The number of hydrogen-bond donors (Lipinski definition) is 2. The second-order valence-corrected chi connectivity index (χ2v) is 6.18. The van der Waals surface area contributed by atoms with Crippen LogP contribution >= 0.6 is 11.9 Å². The number of nitrogens with zero attached hydrogens (tertiary/aromatic N) is 1. The Morgan fingerprint density at radius 2 is 2.10 bits per heavy atom. The van der Waals surface area contributed by atoms with Crippen LogP contribution < -0.4 is 10.7 Å². The number of para-hydroxylation sites is 1. The van der Waals surface area contributed by atoms with E-state index >= 15 is 0 Å².